The Bertz CT molecular complexity index is 1290. The molecule has 59 heavy (non-hydrogen) atoms. The van der Waals surface area contributed by atoms with E-state index >= 15 is 35.1 Å². The van der Waals surface area contributed by atoms with Crippen molar-refractivity contribution in [1.82, 2.24) is 0 Å². The van der Waals surface area contributed by atoms with E-state index in [1.807, 2.05) is 0 Å². The van der Waals surface area contributed by atoms with Crippen LogP contribution in [0, 0.1) is 0 Å². The van der Waals surface area contributed by atoms with Crippen LogP contribution in [0.1, 0.15) is 0 Å². The van der Waals surface area contributed by atoms with Gasteiger partial charge in [-0.15, -0.1) is 0 Å². The third kappa shape index (κ3) is 7.16. The molecule has 0 N–H and O–H groups in total. The van der Waals surface area contributed by atoms with Crippen LogP contribution in [0.4, 0.5) is 158 Å². The van der Waals surface area contributed by atoms with Crippen molar-refractivity contribution in [3.05, 3.63) is 0 Å². The fraction of sp³-hybridized carbons (Fsp3) is 1.00. The van der Waals surface area contributed by atoms with Crippen molar-refractivity contribution in [1.29, 1.82) is 0 Å². The molecule has 0 amide bonds. The summed E-state index contributed by atoms with van der Waals surface area (Å²) in [5.74, 6) is -77.0. The molecule has 0 heterocycles. The van der Waals surface area contributed by atoms with Crippen LogP contribution in [-0.2, 0) is 7.56 Å². The van der Waals surface area contributed by atoms with E-state index in [2.05, 4.69) is 6.15 Å². The molecule has 0 spiro atoms. The fourth-order valence-electron chi connectivity index (χ4n) is 3.78. The van der Waals surface area contributed by atoms with Crippen LogP contribution in [0.3, 0.4) is 0 Å². The SMILES string of the molecule is C[O][Sn]([O][Sn]([O]C)([C](F)(F)C(F)(F)C(F)(F)C(F)(F)F)[C](F)(F)C(F)(F)C(F)(F)C(F)(F)F)([C](F)(F)C(F)(F)C(F)(F)C(F)(F)F)[C](F)(F)C(F)(F)C(F)(F)C(F)(F)F. The molecule has 0 fully saturated rings. The van der Waals surface area contributed by atoms with Gasteiger partial charge in [0.25, 0.3) is 0 Å². The second-order valence-corrected chi connectivity index (χ2v) is 31.7. The minimum absolute atomic E-state index is 1.61. The number of halogens is 36. The van der Waals surface area contributed by atoms with Crippen molar-refractivity contribution in [2.24, 2.45) is 0 Å². The Morgan fingerprint density at radius 3 is 0.424 bits per heavy atom. The summed E-state index contributed by atoms with van der Waals surface area (Å²) in [6.45, 7) is 0. The van der Waals surface area contributed by atoms with E-state index in [4.69, 9.17) is 0 Å². The Balaban J connectivity index is 10.1. The normalized spacial score (nSPS) is 17.2. The van der Waals surface area contributed by atoms with Crippen LogP contribution in [-0.4, -0.2) is 140 Å². The average molecular weight is 1190 g/mol. The molecule has 0 radical (unpaired) electrons. The van der Waals surface area contributed by atoms with Crippen LogP contribution in [0.15, 0.2) is 0 Å². The molecule has 0 aromatic heterocycles. The van der Waals surface area contributed by atoms with Gasteiger partial charge in [-0.1, -0.05) is 0 Å². The average Bonchev–Trinajstić information content (AvgIpc) is 2.98. The second kappa shape index (κ2) is 14.8. The maximum absolute atomic E-state index is 15.4. The Hall–Kier alpha value is -1.04. The molecule has 0 bridgehead atoms. The van der Waals surface area contributed by atoms with Crippen LogP contribution in [0.5, 0.6) is 0 Å². The third-order valence-corrected chi connectivity index (χ3v) is 36.0. The molecular weight excluding hydrogens is 1190 g/mol. The molecule has 0 aliphatic carbocycles. The quantitative estimate of drug-likeness (QED) is 0.114. The summed E-state index contributed by atoms with van der Waals surface area (Å²) in [5.41, 5.74) is 0. The zero-order chi connectivity index (χ0) is 49.1. The van der Waals surface area contributed by atoms with Crippen molar-refractivity contribution in [2.75, 3.05) is 14.2 Å². The summed E-state index contributed by atoms with van der Waals surface area (Å²) >= 11 is -27.5. The standard InChI is InChI=1S/4C4F9.2CH3O.O.2Sn/c4*5-1(6)2(7,8)3(9,10)4(11,12)13;2*1-2;;;/h;;;;2*1H3;;;/q;;;;2*-1;;2*+1. The van der Waals surface area contributed by atoms with E-state index in [9.17, 15) is 123 Å². The topological polar surface area (TPSA) is 27.7 Å². The van der Waals surface area contributed by atoms with E-state index < -0.39 is 140 Å². The van der Waals surface area contributed by atoms with Gasteiger partial charge in [0, 0.05) is 0 Å². The zero-order valence-electron chi connectivity index (χ0n) is 25.8. The number of rotatable bonds is 16. The molecular formula is C18H6F36O3Sn2. The van der Waals surface area contributed by atoms with Crippen molar-refractivity contribution in [3.8, 4) is 0 Å². The van der Waals surface area contributed by atoms with Crippen molar-refractivity contribution < 1.29 is 166 Å². The number of hydrogen-bond acceptors (Lipinski definition) is 3. The molecule has 0 saturated heterocycles. The van der Waals surface area contributed by atoms with Gasteiger partial charge in [-0.25, -0.2) is 0 Å². The summed E-state index contributed by atoms with van der Waals surface area (Å²) in [6.07, 6.45) is -35.2. The molecule has 0 rings (SSSR count). The van der Waals surface area contributed by atoms with E-state index in [0.717, 1.165) is 0 Å². The Morgan fingerprint density at radius 1 is 0.220 bits per heavy atom. The molecule has 0 aliphatic rings. The van der Waals surface area contributed by atoms with E-state index in [-0.39, 0.29) is 0 Å². The van der Waals surface area contributed by atoms with Gasteiger partial charge in [-0.05, 0) is 0 Å². The summed E-state index contributed by atoms with van der Waals surface area (Å²) in [6, 6.07) is 0. The molecule has 3 nitrogen and oxygen atoms in total. The van der Waals surface area contributed by atoms with Gasteiger partial charge in [0.05, 0.1) is 0 Å². The predicted molar refractivity (Wildman–Crippen MR) is 110 cm³/mol. The van der Waals surface area contributed by atoms with Crippen LogP contribution >= 0.6 is 0 Å². The Kier molecular flexibility index (Phi) is 14.5. The fourth-order valence-corrected chi connectivity index (χ4v) is 39.3. The van der Waals surface area contributed by atoms with Gasteiger partial charge in [-0.2, -0.15) is 0 Å². The van der Waals surface area contributed by atoms with Gasteiger partial charge < -0.3 is 0 Å². The Labute approximate surface area is 306 Å². The molecule has 0 aromatic rings. The van der Waals surface area contributed by atoms with Crippen molar-refractivity contribution in [2.45, 2.75) is 87.8 Å². The molecule has 41 heteroatoms. The van der Waals surface area contributed by atoms with Gasteiger partial charge in [0.2, 0.25) is 0 Å². The molecule has 0 aromatic carbocycles. The monoisotopic (exact) mass is 1190 g/mol. The number of alkyl halides is 36. The first-order valence-corrected chi connectivity index (χ1v) is 22.8. The van der Waals surface area contributed by atoms with Crippen molar-refractivity contribution in [3.63, 3.8) is 0 Å². The molecule has 0 atom stereocenters. The molecule has 356 valence electrons. The van der Waals surface area contributed by atoms with Gasteiger partial charge in [-0.3, -0.25) is 0 Å². The van der Waals surface area contributed by atoms with Crippen LogP contribution < -0.4 is 0 Å². The predicted octanol–water partition coefficient (Wildman–Crippen LogP) is 11.2. The first-order valence-electron chi connectivity index (χ1n) is 12.4. The van der Waals surface area contributed by atoms with Gasteiger partial charge in [0.15, 0.2) is 0 Å². The maximum atomic E-state index is 15.4. The third-order valence-electron chi connectivity index (χ3n) is 7.09. The minimum atomic E-state index is -13.7. The van der Waals surface area contributed by atoms with Gasteiger partial charge in [0.1, 0.15) is 0 Å². The van der Waals surface area contributed by atoms with E-state index in [0.29, 0.717) is 0 Å². The van der Waals surface area contributed by atoms with E-state index in [1.54, 1.807) is 1.41 Å². The van der Waals surface area contributed by atoms with Crippen LogP contribution in [0.2, 0.25) is 0 Å². The second-order valence-electron chi connectivity index (χ2n) is 10.6. The molecule has 0 unspecified atom stereocenters. The Morgan fingerprint density at radius 2 is 0.339 bits per heavy atom. The number of hydrogen-bond donors (Lipinski definition) is 0. The summed E-state index contributed by atoms with van der Waals surface area (Å²) in [4.78, 5) is 0. The van der Waals surface area contributed by atoms with Gasteiger partial charge >= 0.3 is 306 Å². The zero-order valence-corrected chi connectivity index (χ0v) is 31.5. The first kappa shape index (κ1) is 58.0. The van der Waals surface area contributed by atoms with Crippen molar-refractivity contribution >= 4 is 38.4 Å². The van der Waals surface area contributed by atoms with Crippen LogP contribution in [0.25, 0.3) is 0 Å². The summed E-state index contributed by atoms with van der Waals surface area (Å²) in [7, 11) is -4.26. The first-order chi connectivity index (χ1) is 24.8. The summed E-state index contributed by atoms with van der Waals surface area (Å²) < 4.78 is 467. The molecule has 0 saturated carbocycles. The molecule has 0 aliphatic heterocycles. The van der Waals surface area contributed by atoms with E-state index in [1.165, 1.54) is 0 Å². The summed E-state index contributed by atoms with van der Waals surface area (Å²) in [5, 5.41) is 0.